The average Bonchev–Trinajstić information content (AvgIpc) is 2.70. The maximum atomic E-state index is 5.75. The van der Waals surface area contributed by atoms with Crippen LogP contribution in [0.3, 0.4) is 0 Å². The lowest BCUT2D eigenvalue weighted by molar-refractivity contribution is -0.906. The van der Waals surface area contributed by atoms with Crippen molar-refractivity contribution in [1.29, 1.82) is 0 Å². The highest BCUT2D eigenvalue weighted by molar-refractivity contribution is 7.80. The highest BCUT2D eigenvalue weighted by atomic mass is 32.1. The van der Waals surface area contributed by atoms with Gasteiger partial charge in [0.1, 0.15) is 18.8 Å². The third-order valence-electron chi connectivity index (χ3n) is 4.55. The smallest absolute Gasteiger partial charge is 0.187 e. The number of nitrogens with zero attached hydrogens (tertiary/aromatic N) is 1. The quantitative estimate of drug-likeness (QED) is 0.375. The highest BCUT2D eigenvalue weighted by Crippen LogP contribution is 2.26. The fourth-order valence-corrected chi connectivity index (χ4v) is 3.30. The minimum absolute atomic E-state index is 0.525. The topological polar surface area (TPSA) is 59.3 Å². The van der Waals surface area contributed by atoms with Crippen molar-refractivity contribution in [2.24, 2.45) is 5.10 Å². The van der Waals surface area contributed by atoms with Gasteiger partial charge in [-0.15, -0.1) is 0 Å². The van der Waals surface area contributed by atoms with Crippen molar-refractivity contribution in [3.8, 4) is 5.75 Å². The van der Waals surface area contributed by atoms with Crippen LogP contribution in [0.25, 0.3) is 10.8 Å². The van der Waals surface area contributed by atoms with Crippen molar-refractivity contribution in [2.45, 2.75) is 6.92 Å². The first-order valence-electron chi connectivity index (χ1n) is 9.40. The van der Waals surface area contributed by atoms with Crippen LogP contribution < -0.4 is 20.4 Å². The molecule has 2 aromatic rings. The lowest BCUT2D eigenvalue weighted by atomic mass is 10.0. The molecule has 0 atom stereocenters. The fraction of sp³-hybridized carbons (Fsp3) is 0.400. The Morgan fingerprint density at radius 3 is 2.89 bits per heavy atom. The molecule has 7 heteroatoms. The van der Waals surface area contributed by atoms with Gasteiger partial charge in [-0.25, -0.2) is 0 Å². The van der Waals surface area contributed by atoms with E-state index in [-0.39, 0.29) is 0 Å². The number of hydrogen-bond acceptors (Lipinski definition) is 4. The number of hydrogen-bond donors (Lipinski definition) is 3. The first kappa shape index (κ1) is 19.5. The second-order valence-electron chi connectivity index (χ2n) is 6.37. The Morgan fingerprint density at radius 2 is 2.07 bits per heavy atom. The van der Waals surface area contributed by atoms with Crippen LogP contribution in [0.1, 0.15) is 12.5 Å². The van der Waals surface area contributed by atoms with Gasteiger partial charge < -0.3 is 19.7 Å². The summed E-state index contributed by atoms with van der Waals surface area (Å²) in [5, 5.41) is 10.3. The van der Waals surface area contributed by atoms with Gasteiger partial charge in [0.2, 0.25) is 0 Å². The number of hydrazone groups is 1. The Hall–Kier alpha value is -2.22. The molecular weight excluding hydrogens is 360 g/mol. The summed E-state index contributed by atoms with van der Waals surface area (Å²) in [6.45, 7) is 8.22. The zero-order chi connectivity index (χ0) is 18.9. The normalized spacial score (nSPS) is 15.1. The lowest BCUT2D eigenvalue weighted by Crippen LogP contribution is -3.14. The average molecular weight is 388 g/mol. The minimum atomic E-state index is 0.525. The van der Waals surface area contributed by atoms with Gasteiger partial charge in [-0.1, -0.05) is 30.3 Å². The molecule has 1 fully saturated rings. The molecule has 3 N–H and O–H groups in total. The van der Waals surface area contributed by atoms with Crippen molar-refractivity contribution in [3.63, 3.8) is 0 Å². The first-order chi connectivity index (χ1) is 13.3. The van der Waals surface area contributed by atoms with Crippen molar-refractivity contribution in [2.75, 3.05) is 46.0 Å². The zero-order valence-corrected chi connectivity index (χ0v) is 16.5. The molecule has 0 radical (unpaired) electrons. The zero-order valence-electron chi connectivity index (χ0n) is 15.7. The van der Waals surface area contributed by atoms with E-state index in [2.05, 4.69) is 34.0 Å². The number of fused-ring (bicyclic) bond motifs is 1. The van der Waals surface area contributed by atoms with E-state index in [1.807, 2.05) is 25.1 Å². The molecule has 0 aromatic heterocycles. The van der Waals surface area contributed by atoms with Crippen molar-refractivity contribution in [3.05, 3.63) is 42.0 Å². The molecule has 0 amide bonds. The second-order valence-corrected chi connectivity index (χ2v) is 6.78. The maximum absolute atomic E-state index is 5.75. The summed E-state index contributed by atoms with van der Waals surface area (Å²) in [6.07, 6.45) is 1.77. The Balaban J connectivity index is 1.56. The number of ether oxygens (including phenoxy) is 2. The molecular formula is C20H27N4O2S+. The van der Waals surface area contributed by atoms with Crippen LogP contribution >= 0.6 is 12.2 Å². The molecule has 0 spiro atoms. The summed E-state index contributed by atoms with van der Waals surface area (Å²) in [4.78, 5) is 1.54. The molecule has 0 aliphatic carbocycles. The Bertz CT molecular complexity index is 791. The van der Waals surface area contributed by atoms with Gasteiger partial charge >= 0.3 is 0 Å². The Kier molecular flexibility index (Phi) is 7.38. The number of morpholine rings is 1. The Labute approximate surface area is 165 Å². The SMILES string of the molecule is CCOc1ccc2ccccc2c1/C=N\NC(=S)NCC[NH+]1CCOCC1. The molecule has 1 aliphatic heterocycles. The van der Waals surface area contributed by atoms with E-state index in [1.54, 1.807) is 6.21 Å². The number of benzene rings is 2. The fourth-order valence-electron chi connectivity index (χ4n) is 3.15. The molecule has 1 heterocycles. The lowest BCUT2D eigenvalue weighted by Gasteiger charge is -2.23. The van der Waals surface area contributed by atoms with Gasteiger partial charge in [0.05, 0.1) is 39.1 Å². The summed E-state index contributed by atoms with van der Waals surface area (Å²) >= 11 is 5.32. The number of quaternary nitrogens is 1. The van der Waals surface area contributed by atoms with E-state index in [4.69, 9.17) is 21.7 Å². The molecule has 0 bridgehead atoms. The van der Waals surface area contributed by atoms with Crippen LogP contribution in [-0.2, 0) is 4.74 Å². The van der Waals surface area contributed by atoms with Gasteiger partial charge in [-0.3, -0.25) is 5.43 Å². The standard InChI is InChI=1S/C20H26N4O2S/c1-2-26-19-8-7-16-5-3-4-6-17(16)18(19)15-22-23-20(27)21-9-10-24-11-13-25-14-12-24/h3-8,15H,2,9-14H2,1H3,(H2,21,23,27)/p+1/b22-15-. The van der Waals surface area contributed by atoms with Gasteiger partial charge in [0, 0.05) is 5.56 Å². The van der Waals surface area contributed by atoms with Crippen LogP contribution in [-0.4, -0.2) is 57.3 Å². The molecule has 0 unspecified atom stereocenters. The van der Waals surface area contributed by atoms with Crippen LogP contribution in [0.15, 0.2) is 41.5 Å². The predicted molar refractivity (Wildman–Crippen MR) is 113 cm³/mol. The van der Waals surface area contributed by atoms with Crippen LogP contribution in [0, 0.1) is 0 Å². The van der Waals surface area contributed by atoms with E-state index < -0.39 is 0 Å². The van der Waals surface area contributed by atoms with Crippen molar-refractivity contribution in [1.82, 2.24) is 10.7 Å². The van der Waals surface area contributed by atoms with Crippen LogP contribution in [0.5, 0.6) is 5.75 Å². The van der Waals surface area contributed by atoms with Gasteiger partial charge in [-0.05, 0) is 36.0 Å². The van der Waals surface area contributed by atoms with Crippen LogP contribution in [0.2, 0.25) is 0 Å². The number of thiocarbonyl (C=S) groups is 1. The van der Waals surface area contributed by atoms with Crippen molar-refractivity contribution >= 4 is 34.3 Å². The molecule has 1 saturated heterocycles. The molecule has 1 aliphatic rings. The monoisotopic (exact) mass is 387 g/mol. The third kappa shape index (κ3) is 5.63. The largest absolute Gasteiger partial charge is 0.493 e. The van der Waals surface area contributed by atoms with Gasteiger partial charge in [0.15, 0.2) is 5.11 Å². The molecule has 2 aromatic carbocycles. The van der Waals surface area contributed by atoms with E-state index in [1.165, 1.54) is 4.90 Å². The Morgan fingerprint density at radius 1 is 1.26 bits per heavy atom. The molecule has 6 nitrogen and oxygen atoms in total. The summed E-state index contributed by atoms with van der Waals surface area (Å²) in [5.41, 5.74) is 3.85. The van der Waals surface area contributed by atoms with Gasteiger partial charge in [0.25, 0.3) is 0 Å². The summed E-state index contributed by atoms with van der Waals surface area (Å²) < 4.78 is 11.1. The highest BCUT2D eigenvalue weighted by Gasteiger charge is 2.12. The first-order valence-corrected chi connectivity index (χ1v) is 9.81. The second kappa shape index (κ2) is 10.2. The maximum Gasteiger partial charge on any atom is 0.187 e. The summed E-state index contributed by atoms with van der Waals surface area (Å²) in [5.74, 6) is 0.816. The third-order valence-corrected chi connectivity index (χ3v) is 4.79. The molecule has 3 rings (SSSR count). The summed E-state index contributed by atoms with van der Waals surface area (Å²) in [6, 6.07) is 12.2. The predicted octanol–water partition coefficient (Wildman–Crippen LogP) is 0.952. The van der Waals surface area contributed by atoms with E-state index in [0.29, 0.717) is 11.7 Å². The number of rotatable bonds is 7. The number of nitrogens with one attached hydrogen (secondary N) is 3. The summed E-state index contributed by atoms with van der Waals surface area (Å²) in [7, 11) is 0. The van der Waals surface area contributed by atoms with Crippen LogP contribution in [0.4, 0.5) is 0 Å². The minimum Gasteiger partial charge on any atom is -0.493 e. The molecule has 27 heavy (non-hydrogen) atoms. The molecule has 0 saturated carbocycles. The molecule has 144 valence electrons. The van der Waals surface area contributed by atoms with Gasteiger partial charge in [-0.2, -0.15) is 5.10 Å². The van der Waals surface area contributed by atoms with Crippen molar-refractivity contribution < 1.29 is 14.4 Å². The van der Waals surface area contributed by atoms with E-state index in [9.17, 15) is 0 Å². The van der Waals surface area contributed by atoms with E-state index in [0.717, 1.165) is 61.5 Å². The van der Waals surface area contributed by atoms with E-state index >= 15 is 0 Å².